The molecular formula is C20H30N4O2S. The summed E-state index contributed by atoms with van der Waals surface area (Å²) in [5.74, 6) is 0.612. The average Bonchev–Trinajstić information content (AvgIpc) is 3.12. The fourth-order valence-corrected chi connectivity index (χ4v) is 6.18. The Morgan fingerprint density at radius 2 is 1.96 bits per heavy atom. The molecule has 148 valence electrons. The minimum atomic E-state index is -0.315. The smallest absolute Gasteiger partial charge is 0.360 e. The number of carbonyl (C=O) groups is 1. The van der Waals surface area contributed by atoms with Gasteiger partial charge < -0.3 is 15.0 Å². The number of fused-ring (bicyclic) bond motifs is 3. The van der Waals surface area contributed by atoms with Gasteiger partial charge in [-0.3, -0.25) is 4.40 Å². The molecule has 0 aromatic carbocycles. The Morgan fingerprint density at radius 1 is 1.26 bits per heavy atom. The van der Waals surface area contributed by atoms with Crippen LogP contribution in [0.25, 0.3) is 4.96 Å². The summed E-state index contributed by atoms with van der Waals surface area (Å²) in [6.45, 7) is 15.1. The van der Waals surface area contributed by atoms with Gasteiger partial charge in [0.1, 0.15) is 5.82 Å². The van der Waals surface area contributed by atoms with Crippen LogP contribution in [0.15, 0.2) is 0 Å². The van der Waals surface area contributed by atoms with E-state index in [1.807, 2.05) is 6.92 Å². The number of nitrogens with zero attached hydrogens (tertiary/aromatic N) is 3. The third-order valence-electron chi connectivity index (χ3n) is 5.61. The van der Waals surface area contributed by atoms with Crippen LogP contribution in [0.5, 0.6) is 0 Å². The molecule has 0 radical (unpaired) electrons. The van der Waals surface area contributed by atoms with Gasteiger partial charge in [-0.1, -0.05) is 27.7 Å². The first-order chi connectivity index (χ1) is 12.7. The first kappa shape index (κ1) is 18.7. The third kappa shape index (κ3) is 3.14. The van der Waals surface area contributed by atoms with Gasteiger partial charge in [-0.25, -0.2) is 9.78 Å². The predicted octanol–water partition coefficient (Wildman–Crippen LogP) is 3.23. The second-order valence-corrected chi connectivity index (χ2v) is 10.1. The van der Waals surface area contributed by atoms with E-state index in [1.54, 1.807) is 11.3 Å². The zero-order chi connectivity index (χ0) is 19.4. The van der Waals surface area contributed by atoms with Crippen molar-refractivity contribution in [1.29, 1.82) is 0 Å². The average molecular weight is 391 g/mol. The van der Waals surface area contributed by atoms with Crippen molar-refractivity contribution in [2.24, 2.45) is 5.41 Å². The maximum absolute atomic E-state index is 12.7. The third-order valence-corrected chi connectivity index (χ3v) is 7.06. The number of carbonyl (C=O) groups excluding carboxylic acids is 1. The number of ether oxygens (including phenoxy) is 1. The van der Waals surface area contributed by atoms with Crippen molar-refractivity contribution in [2.45, 2.75) is 52.9 Å². The number of thiazole rings is 1. The molecule has 1 aliphatic carbocycles. The molecule has 1 fully saturated rings. The van der Waals surface area contributed by atoms with Crippen molar-refractivity contribution in [2.75, 3.05) is 37.7 Å². The molecule has 1 saturated heterocycles. The first-order valence-electron chi connectivity index (χ1n) is 9.91. The molecule has 0 unspecified atom stereocenters. The van der Waals surface area contributed by atoms with E-state index in [4.69, 9.17) is 9.72 Å². The normalized spacial score (nSPS) is 21.3. The minimum Gasteiger partial charge on any atom is -0.461 e. The SMILES string of the molecule is CCOC(=O)c1nc2sc3c(n2c1N1CCNCC1)CC(C)(C)CC3(C)C. The van der Waals surface area contributed by atoms with Gasteiger partial charge in [0, 0.05) is 42.2 Å². The van der Waals surface area contributed by atoms with Gasteiger partial charge in [0.15, 0.2) is 10.7 Å². The number of rotatable bonds is 3. The van der Waals surface area contributed by atoms with Gasteiger partial charge in [-0.05, 0) is 25.2 Å². The van der Waals surface area contributed by atoms with E-state index in [1.165, 1.54) is 10.6 Å². The largest absolute Gasteiger partial charge is 0.461 e. The molecule has 0 atom stereocenters. The number of piperazine rings is 1. The molecule has 1 N–H and O–H groups in total. The van der Waals surface area contributed by atoms with Gasteiger partial charge in [0.25, 0.3) is 0 Å². The molecule has 2 aromatic heterocycles. The van der Waals surface area contributed by atoms with E-state index in [-0.39, 0.29) is 16.8 Å². The molecule has 3 heterocycles. The van der Waals surface area contributed by atoms with Crippen LogP contribution >= 0.6 is 11.3 Å². The summed E-state index contributed by atoms with van der Waals surface area (Å²) >= 11 is 1.74. The molecule has 2 aromatic rings. The molecule has 4 rings (SSSR count). The highest BCUT2D eigenvalue weighted by Crippen LogP contribution is 2.49. The van der Waals surface area contributed by atoms with E-state index in [0.717, 1.165) is 49.8 Å². The van der Waals surface area contributed by atoms with Gasteiger partial charge >= 0.3 is 5.97 Å². The number of nitrogens with one attached hydrogen (secondary N) is 1. The van der Waals surface area contributed by atoms with Crippen LogP contribution < -0.4 is 10.2 Å². The minimum absolute atomic E-state index is 0.118. The Hall–Kier alpha value is -1.60. The lowest BCUT2D eigenvalue weighted by Crippen LogP contribution is -2.44. The molecule has 0 bridgehead atoms. The lowest BCUT2D eigenvalue weighted by molar-refractivity contribution is 0.0521. The van der Waals surface area contributed by atoms with Crippen molar-refractivity contribution < 1.29 is 9.53 Å². The Morgan fingerprint density at radius 3 is 2.63 bits per heavy atom. The molecular weight excluding hydrogens is 360 g/mol. The second kappa shape index (κ2) is 6.48. The van der Waals surface area contributed by atoms with Crippen molar-refractivity contribution in [3.05, 3.63) is 16.3 Å². The number of hydrogen-bond acceptors (Lipinski definition) is 6. The molecule has 1 aliphatic heterocycles. The second-order valence-electron chi connectivity index (χ2n) is 9.14. The lowest BCUT2D eigenvalue weighted by Gasteiger charge is -2.40. The van der Waals surface area contributed by atoms with Crippen molar-refractivity contribution >= 4 is 28.1 Å². The van der Waals surface area contributed by atoms with Crippen LogP contribution in [0.2, 0.25) is 0 Å². The van der Waals surface area contributed by atoms with Crippen LogP contribution in [0.1, 0.15) is 62.1 Å². The highest BCUT2D eigenvalue weighted by Gasteiger charge is 2.42. The summed E-state index contributed by atoms with van der Waals surface area (Å²) < 4.78 is 7.60. The Bertz CT molecular complexity index is 874. The molecule has 0 amide bonds. The zero-order valence-electron chi connectivity index (χ0n) is 17.0. The Kier molecular flexibility index (Phi) is 4.50. The number of aromatic nitrogens is 2. The fourth-order valence-electron chi connectivity index (χ4n) is 4.94. The summed E-state index contributed by atoms with van der Waals surface area (Å²) in [6, 6.07) is 0. The molecule has 0 spiro atoms. The molecule has 6 nitrogen and oxygen atoms in total. The maximum atomic E-state index is 12.7. The fraction of sp³-hybridized carbons (Fsp3) is 0.700. The number of esters is 1. The van der Waals surface area contributed by atoms with E-state index in [9.17, 15) is 4.79 Å². The van der Waals surface area contributed by atoms with Crippen molar-refractivity contribution in [3.8, 4) is 0 Å². The zero-order valence-corrected chi connectivity index (χ0v) is 17.8. The Labute approximate surface area is 164 Å². The van der Waals surface area contributed by atoms with Crippen molar-refractivity contribution in [3.63, 3.8) is 0 Å². The standard InChI is InChI=1S/C20H30N4O2S/c1-6-26-17(25)14-16(23-9-7-21-8-10-23)24-13-11-19(2,3)12-20(4,5)15(13)27-18(24)22-14/h21H,6-12H2,1-5H3. The van der Waals surface area contributed by atoms with E-state index >= 15 is 0 Å². The van der Waals surface area contributed by atoms with Crippen LogP contribution in [-0.4, -0.2) is 48.1 Å². The lowest BCUT2D eigenvalue weighted by atomic mass is 9.67. The number of imidazole rings is 1. The van der Waals surface area contributed by atoms with Gasteiger partial charge in [0.05, 0.1) is 6.61 Å². The monoisotopic (exact) mass is 390 g/mol. The quantitative estimate of drug-likeness (QED) is 0.816. The maximum Gasteiger partial charge on any atom is 0.360 e. The van der Waals surface area contributed by atoms with Gasteiger partial charge in [-0.15, -0.1) is 11.3 Å². The highest BCUT2D eigenvalue weighted by molar-refractivity contribution is 7.17. The number of hydrogen-bond donors (Lipinski definition) is 1. The van der Waals surface area contributed by atoms with Crippen LogP contribution in [0.4, 0.5) is 5.82 Å². The van der Waals surface area contributed by atoms with E-state index in [2.05, 4.69) is 42.3 Å². The van der Waals surface area contributed by atoms with Gasteiger partial charge in [0.2, 0.25) is 0 Å². The predicted molar refractivity (Wildman–Crippen MR) is 109 cm³/mol. The summed E-state index contributed by atoms with van der Waals surface area (Å²) in [5, 5.41) is 3.40. The van der Waals surface area contributed by atoms with Gasteiger partial charge in [-0.2, -0.15) is 0 Å². The van der Waals surface area contributed by atoms with Crippen LogP contribution in [-0.2, 0) is 16.6 Å². The van der Waals surface area contributed by atoms with Crippen LogP contribution in [0.3, 0.4) is 0 Å². The topological polar surface area (TPSA) is 58.9 Å². The molecule has 0 saturated carbocycles. The van der Waals surface area contributed by atoms with Crippen molar-refractivity contribution in [1.82, 2.24) is 14.7 Å². The van der Waals surface area contributed by atoms with E-state index in [0.29, 0.717) is 12.3 Å². The summed E-state index contributed by atoms with van der Waals surface area (Å²) in [4.78, 5) is 22.1. The van der Waals surface area contributed by atoms with Crippen LogP contribution in [0, 0.1) is 5.41 Å². The number of anilines is 1. The Balaban J connectivity index is 1.94. The molecule has 27 heavy (non-hydrogen) atoms. The molecule has 7 heteroatoms. The summed E-state index contributed by atoms with van der Waals surface area (Å²) in [7, 11) is 0. The summed E-state index contributed by atoms with van der Waals surface area (Å²) in [5.41, 5.74) is 2.13. The molecule has 2 aliphatic rings. The summed E-state index contributed by atoms with van der Waals surface area (Å²) in [6.07, 6.45) is 2.16. The first-order valence-corrected chi connectivity index (χ1v) is 10.7. The highest BCUT2D eigenvalue weighted by atomic mass is 32.1. The van der Waals surface area contributed by atoms with E-state index < -0.39 is 0 Å².